The highest BCUT2D eigenvalue weighted by atomic mass is 79.9. The first-order valence-corrected chi connectivity index (χ1v) is 6.68. The molecule has 1 aromatic carbocycles. The van der Waals surface area contributed by atoms with Crippen LogP contribution in [0.3, 0.4) is 0 Å². The molecule has 6 heteroatoms. The summed E-state index contributed by atoms with van der Waals surface area (Å²) in [4.78, 5) is 3.80. The molecule has 2 rings (SSSR count). The second-order valence-electron chi connectivity index (χ2n) is 4.39. The fraction of sp³-hybridized carbons (Fsp3) is 0.214. The third kappa shape index (κ3) is 3.72. The molecule has 0 fully saturated rings. The minimum absolute atomic E-state index is 0.165. The van der Waals surface area contributed by atoms with E-state index in [2.05, 4.69) is 26.2 Å². The maximum Gasteiger partial charge on any atom is 0.419 e. The van der Waals surface area contributed by atoms with Crippen molar-refractivity contribution in [3.8, 4) is 0 Å². The number of nitrogens with zero attached hydrogens (tertiary/aromatic N) is 1. The Morgan fingerprint density at radius 1 is 1.20 bits per heavy atom. The van der Waals surface area contributed by atoms with Crippen LogP contribution in [0, 0.1) is 6.92 Å². The Labute approximate surface area is 123 Å². The molecule has 1 aromatic heterocycles. The van der Waals surface area contributed by atoms with Gasteiger partial charge in [-0.3, -0.25) is 0 Å². The molecule has 0 spiro atoms. The number of aryl methyl sites for hydroxylation is 1. The zero-order valence-electron chi connectivity index (χ0n) is 10.6. The number of aromatic nitrogens is 1. The van der Waals surface area contributed by atoms with Crippen molar-refractivity contribution in [1.82, 2.24) is 4.98 Å². The summed E-state index contributed by atoms with van der Waals surface area (Å²) in [6, 6.07) is 8.58. The maximum absolute atomic E-state index is 12.9. The lowest BCUT2D eigenvalue weighted by Crippen LogP contribution is -2.12. The van der Waals surface area contributed by atoms with E-state index >= 15 is 0 Å². The van der Waals surface area contributed by atoms with Crippen LogP contribution in [0.5, 0.6) is 0 Å². The minimum atomic E-state index is -4.44. The van der Waals surface area contributed by atoms with Gasteiger partial charge in [0.25, 0.3) is 0 Å². The summed E-state index contributed by atoms with van der Waals surface area (Å²) in [6.07, 6.45) is -3.10. The van der Waals surface area contributed by atoms with Gasteiger partial charge in [-0.15, -0.1) is 0 Å². The van der Waals surface area contributed by atoms with Crippen LogP contribution in [0.4, 0.5) is 19.0 Å². The van der Waals surface area contributed by atoms with Gasteiger partial charge in [-0.2, -0.15) is 13.2 Å². The minimum Gasteiger partial charge on any atom is -0.365 e. The number of rotatable bonds is 3. The summed E-state index contributed by atoms with van der Waals surface area (Å²) in [7, 11) is 0. The molecule has 0 aliphatic heterocycles. The highest BCUT2D eigenvalue weighted by Crippen LogP contribution is 2.35. The number of pyridine rings is 1. The number of alkyl halides is 3. The van der Waals surface area contributed by atoms with E-state index in [1.807, 2.05) is 31.2 Å². The highest BCUT2D eigenvalue weighted by Gasteiger charge is 2.34. The van der Waals surface area contributed by atoms with Gasteiger partial charge in [0.15, 0.2) is 0 Å². The van der Waals surface area contributed by atoms with Gasteiger partial charge in [0.05, 0.1) is 5.56 Å². The lowest BCUT2D eigenvalue weighted by atomic mass is 10.1. The van der Waals surface area contributed by atoms with E-state index in [1.54, 1.807) is 0 Å². The molecular weight excluding hydrogens is 333 g/mol. The Bertz CT molecular complexity index is 594. The average molecular weight is 345 g/mol. The molecule has 0 bridgehead atoms. The molecule has 1 heterocycles. The topological polar surface area (TPSA) is 24.9 Å². The second kappa shape index (κ2) is 5.83. The summed E-state index contributed by atoms with van der Waals surface area (Å²) in [6.45, 7) is 2.24. The van der Waals surface area contributed by atoms with Crippen molar-refractivity contribution in [2.45, 2.75) is 19.6 Å². The second-order valence-corrected chi connectivity index (χ2v) is 5.30. The molecule has 2 nitrogen and oxygen atoms in total. The van der Waals surface area contributed by atoms with Crippen LogP contribution in [-0.2, 0) is 12.7 Å². The first kappa shape index (κ1) is 14.8. The predicted octanol–water partition coefficient (Wildman–Crippen LogP) is 4.78. The molecule has 0 amide bonds. The molecule has 20 heavy (non-hydrogen) atoms. The molecule has 0 unspecified atom stereocenters. The van der Waals surface area contributed by atoms with Crippen LogP contribution >= 0.6 is 15.9 Å². The highest BCUT2D eigenvalue weighted by molar-refractivity contribution is 9.10. The van der Waals surface area contributed by atoms with Crippen molar-refractivity contribution in [2.24, 2.45) is 0 Å². The fourth-order valence-corrected chi connectivity index (χ4v) is 2.02. The van der Waals surface area contributed by atoms with Gasteiger partial charge in [0, 0.05) is 17.2 Å². The largest absolute Gasteiger partial charge is 0.419 e. The van der Waals surface area contributed by atoms with Crippen LogP contribution in [0.15, 0.2) is 41.0 Å². The third-order valence-electron chi connectivity index (χ3n) is 2.74. The summed E-state index contributed by atoms with van der Waals surface area (Å²) in [5.74, 6) is -0.165. The van der Waals surface area contributed by atoms with E-state index in [4.69, 9.17) is 0 Å². The Morgan fingerprint density at radius 2 is 1.85 bits per heavy atom. The SMILES string of the molecule is Cc1ccc(CNc2ncc(Br)cc2C(F)(F)F)cc1. The Morgan fingerprint density at radius 3 is 2.45 bits per heavy atom. The van der Waals surface area contributed by atoms with Gasteiger partial charge < -0.3 is 5.32 Å². The number of hydrogen-bond donors (Lipinski definition) is 1. The molecule has 0 atom stereocenters. The Hall–Kier alpha value is -1.56. The quantitative estimate of drug-likeness (QED) is 0.866. The molecule has 0 aliphatic rings. The zero-order chi connectivity index (χ0) is 14.8. The Kier molecular flexibility index (Phi) is 4.32. The van der Waals surface area contributed by atoms with E-state index in [0.29, 0.717) is 4.47 Å². The summed E-state index contributed by atoms with van der Waals surface area (Å²) < 4.78 is 39.0. The van der Waals surface area contributed by atoms with Gasteiger partial charge in [-0.05, 0) is 34.5 Å². The molecule has 0 saturated heterocycles. The number of halogens is 4. The predicted molar refractivity (Wildman–Crippen MR) is 75.4 cm³/mol. The van der Waals surface area contributed by atoms with Gasteiger partial charge in [0.1, 0.15) is 5.82 Å². The fourth-order valence-electron chi connectivity index (χ4n) is 1.69. The Balaban J connectivity index is 2.19. The summed E-state index contributed by atoms with van der Waals surface area (Å²) in [5, 5.41) is 2.73. The van der Waals surface area contributed by atoms with Crippen LogP contribution in [0.1, 0.15) is 16.7 Å². The van der Waals surface area contributed by atoms with E-state index in [-0.39, 0.29) is 12.4 Å². The molecule has 106 valence electrons. The van der Waals surface area contributed by atoms with Gasteiger partial charge in [0.2, 0.25) is 0 Å². The lowest BCUT2D eigenvalue weighted by molar-refractivity contribution is -0.137. The number of hydrogen-bond acceptors (Lipinski definition) is 2. The molecule has 2 aromatic rings. The van der Waals surface area contributed by atoms with E-state index in [0.717, 1.165) is 17.2 Å². The molecule has 0 aliphatic carbocycles. The van der Waals surface area contributed by atoms with Gasteiger partial charge in [-0.25, -0.2) is 4.98 Å². The van der Waals surface area contributed by atoms with Crippen LogP contribution in [-0.4, -0.2) is 4.98 Å². The maximum atomic E-state index is 12.9. The van der Waals surface area contributed by atoms with Crippen molar-refractivity contribution in [3.63, 3.8) is 0 Å². The van der Waals surface area contributed by atoms with Crippen LogP contribution in [0.2, 0.25) is 0 Å². The zero-order valence-corrected chi connectivity index (χ0v) is 12.2. The summed E-state index contributed by atoms with van der Waals surface area (Å²) >= 11 is 3.00. The smallest absolute Gasteiger partial charge is 0.365 e. The third-order valence-corrected chi connectivity index (χ3v) is 3.17. The van der Waals surface area contributed by atoms with Crippen molar-refractivity contribution in [3.05, 3.63) is 57.7 Å². The summed E-state index contributed by atoms with van der Waals surface area (Å²) in [5.41, 5.74) is 1.22. The molecule has 0 radical (unpaired) electrons. The lowest BCUT2D eigenvalue weighted by Gasteiger charge is -2.14. The first-order valence-electron chi connectivity index (χ1n) is 5.88. The van der Waals surface area contributed by atoms with Crippen molar-refractivity contribution in [1.29, 1.82) is 0 Å². The normalized spacial score (nSPS) is 11.4. The molecule has 1 N–H and O–H groups in total. The van der Waals surface area contributed by atoms with Gasteiger partial charge >= 0.3 is 6.18 Å². The molecular formula is C14H12BrF3N2. The van der Waals surface area contributed by atoms with E-state index in [9.17, 15) is 13.2 Å². The first-order chi connectivity index (χ1) is 9.36. The van der Waals surface area contributed by atoms with Crippen LogP contribution in [0.25, 0.3) is 0 Å². The van der Waals surface area contributed by atoms with Crippen molar-refractivity contribution >= 4 is 21.7 Å². The van der Waals surface area contributed by atoms with Crippen LogP contribution < -0.4 is 5.32 Å². The average Bonchev–Trinajstić information content (AvgIpc) is 2.38. The number of nitrogens with one attached hydrogen (secondary N) is 1. The van der Waals surface area contributed by atoms with Gasteiger partial charge in [-0.1, -0.05) is 29.8 Å². The van der Waals surface area contributed by atoms with E-state index in [1.165, 1.54) is 6.20 Å². The standard InChI is InChI=1S/C14H12BrF3N2/c1-9-2-4-10(5-3-9)7-19-13-12(14(16,17)18)6-11(15)8-20-13/h2-6,8H,7H2,1H3,(H,19,20). The van der Waals surface area contributed by atoms with Crippen molar-refractivity contribution < 1.29 is 13.2 Å². The van der Waals surface area contributed by atoms with E-state index < -0.39 is 11.7 Å². The number of benzene rings is 1. The number of anilines is 1. The monoisotopic (exact) mass is 344 g/mol. The molecule has 0 saturated carbocycles. The van der Waals surface area contributed by atoms with Crippen molar-refractivity contribution in [2.75, 3.05) is 5.32 Å².